The van der Waals surface area contributed by atoms with Crippen molar-refractivity contribution in [2.45, 2.75) is 45.4 Å². The van der Waals surface area contributed by atoms with Gasteiger partial charge in [-0.05, 0) is 91.9 Å². The van der Waals surface area contributed by atoms with E-state index in [4.69, 9.17) is 35.2 Å². The predicted octanol–water partition coefficient (Wildman–Crippen LogP) is 6.45. The number of anilines is 2. The standard InChI is InChI=1S/C33H40N2O7/c1-3-4-6-17-39-28-11-13-29(14-12-28)42-32(36)16-10-24-9-15-30(31(20-24)38-2)40-18-7-5-8-19-41-33(37)25-21-26(34)23-27(35)22-25/h9-16,20-23H,3-8,17-19,34-35H2,1-2H3/b16-10+. The van der Waals surface area contributed by atoms with Crippen LogP contribution in [0, 0.1) is 0 Å². The molecule has 4 N–H and O–H groups in total. The minimum Gasteiger partial charge on any atom is -0.494 e. The molecule has 0 fully saturated rings. The van der Waals surface area contributed by atoms with Gasteiger partial charge in [-0.1, -0.05) is 25.8 Å². The normalized spacial score (nSPS) is 10.8. The van der Waals surface area contributed by atoms with E-state index in [2.05, 4.69) is 6.92 Å². The number of esters is 2. The largest absolute Gasteiger partial charge is 0.494 e. The van der Waals surface area contributed by atoms with Crippen molar-refractivity contribution < 1.29 is 33.3 Å². The van der Waals surface area contributed by atoms with E-state index in [9.17, 15) is 9.59 Å². The van der Waals surface area contributed by atoms with Crippen molar-refractivity contribution in [1.29, 1.82) is 0 Å². The van der Waals surface area contributed by atoms with Gasteiger partial charge in [0, 0.05) is 17.5 Å². The highest BCUT2D eigenvalue weighted by atomic mass is 16.5. The number of unbranched alkanes of at least 4 members (excludes halogenated alkanes) is 4. The van der Waals surface area contributed by atoms with Gasteiger partial charge in [0.15, 0.2) is 11.5 Å². The van der Waals surface area contributed by atoms with Gasteiger partial charge >= 0.3 is 11.9 Å². The fourth-order valence-electron chi connectivity index (χ4n) is 3.97. The van der Waals surface area contributed by atoms with E-state index in [0.29, 0.717) is 60.4 Å². The lowest BCUT2D eigenvalue weighted by Gasteiger charge is -2.11. The van der Waals surface area contributed by atoms with Crippen LogP contribution in [0.5, 0.6) is 23.0 Å². The molecule has 0 spiro atoms. The van der Waals surface area contributed by atoms with Crippen molar-refractivity contribution in [2.75, 3.05) is 38.4 Å². The Morgan fingerprint density at radius 2 is 1.40 bits per heavy atom. The number of nitrogens with two attached hydrogens (primary N) is 2. The zero-order valence-electron chi connectivity index (χ0n) is 24.3. The Labute approximate surface area is 247 Å². The second kappa shape index (κ2) is 17.2. The Morgan fingerprint density at radius 3 is 2.12 bits per heavy atom. The summed E-state index contributed by atoms with van der Waals surface area (Å²) < 4.78 is 27.7. The summed E-state index contributed by atoms with van der Waals surface area (Å²) in [6, 6.07) is 17.1. The number of methoxy groups -OCH3 is 1. The van der Waals surface area contributed by atoms with Gasteiger partial charge < -0.3 is 35.2 Å². The van der Waals surface area contributed by atoms with Crippen molar-refractivity contribution in [2.24, 2.45) is 0 Å². The van der Waals surface area contributed by atoms with Gasteiger partial charge in [0.1, 0.15) is 11.5 Å². The molecule has 3 rings (SSSR count). The summed E-state index contributed by atoms with van der Waals surface area (Å²) in [4.78, 5) is 24.4. The van der Waals surface area contributed by atoms with Crippen molar-refractivity contribution in [3.63, 3.8) is 0 Å². The summed E-state index contributed by atoms with van der Waals surface area (Å²) in [7, 11) is 1.56. The summed E-state index contributed by atoms with van der Waals surface area (Å²) in [6.07, 6.45) is 8.58. The maximum Gasteiger partial charge on any atom is 0.338 e. The number of hydrogen-bond donors (Lipinski definition) is 2. The molecule has 0 aliphatic carbocycles. The van der Waals surface area contributed by atoms with E-state index in [-0.39, 0.29) is 0 Å². The number of hydrogen-bond acceptors (Lipinski definition) is 9. The second-order valence-corrected chi connectivity index (χ2v) is 9.63. The number of carbonyl (C=O) groups excluding carboxylic acids is 2. The van der Waals surface area contributed by atoms with Gasteiger partial charge in [0.05, 0.1) is 32.5 Å². The Balaban J connectivity index is 1.37. The number of nitrogen functional groups attached to an aromatic ring is 2. The predicted molar refractivity (Wildman–Crippen MR) is 164 cm³/mol. The van der Waals surface area contributed by atoms with Gasteiger partial charge in [-0.3, -0.25) is 0 Å². The van der Waals surface area contributed by atoms with Crippen LogP contribution in [0.1, 0.15) is 61.4 Å². The quantitative estimate of drug-likeness (QED) is 0.0611. The molecule has 0 unspecified atom stereocenters. The van der Waals surface area contributed by atoms with E-state index in [1.54, 1.807) is 55.7 Å². The van der Waals surface area contributed by atoms with Crippen LogP contribution in [0.3, 0.4) is 0 Å². The molecule has 0 saturated carbocycles. The zero-order chi connectivity index (χ0) is 30.2. The molecule has 0 aliphatic rings. The molecular formula is C33H40N2O7. The molecule has 42 heavy (non-hydrogen) atoms. The van der Waals surface area contributed by atoms with E-state index >= 15 is 0 Å². The highest BCUT2D eigenvalue weighted by molar-refractivity contribution is 5.91. The highest BCUT2D eigenvalue weighted by Gasteiger charge is 2.09. The third kappa shape index (κ3) is 11.1. The number of benzene rings is 3. The van der Waals surface area contributed by atoms with Gasteiger partial charge in [0.25, 0.3) is 0 Å². The number of carbonyl (C=O) groups is 2. The first-order valence-corrected chi connectivity index (χ1v) is 14.1. The molecule has 0 aromatic heterocycles. The van der Waals surface area contributed by atoms with Crippen LogP contribution in [0.25, 0.3) is 6.08 Å². The van der Waals surface area contributed by atoms with E-state index in [1.807, 2.05) is 6.07 Å². The molecule has 3 aromatic carbocycles. The minimum atomic E-state index is -0.492. The van der Waals surface area contributed by atoms with Crippen LogP contribution < -0.4 is 30.4 Å². The lowest BCUT2D eigenvalue weighted by atomic mass is 10.2. The van der Waals surface area contributed by atoms with Crippen LogP contribution in [-0.4, -0.2) is 38.9 Å². The molecule has 3 aromatic rings. The smallest absolute Gasteiger partial charge is 0.338 e. The summed E-state index contributed by atoms with van der Waals surface area (Å²) in [5, 5.41) is 0. The molecule has 0 bridgehead atoms. The third-order valence-corrected chi connectivity index (χ3v) is 6.15. The monoisotopic (exact) mass is 576 g/mol. The van der Waals surface area contributed by atoms with Crippen molar-refractivity contribution in [3.05, 3.63) is 77.9 Å². The average molecular weight is 577 g/mol. The molecular weight excluding hydrogens is 536 g/mol. The van der Waals surface area contributed by atoms with Crippen molar-refractivity contribution >= 4 is 29.4 Å². The molecule has 224 valence electrons. The molecule has 0 atom stereocenters. The van der Waals surface area contributed by atoms with Gasteiger partial charge in [-0.25, -0.2) is 9.59 Å². The fraction of sp³-hybridized carbons (Fsp3) is 0.333. The van der Waals surface area contributed by atoms with Crippen molar-refractivity contribution in [1.82, 2.24) is 0 Å². The Hall–Kier alpha value is -4.66. The first kappa shape index (κ1) is 31.9. The van der Waals surface area contributed by atoms with Crippen LogP contribution in [0.4, 0.5) is 11.4 Å². The molecule has 0 amide bonds. The van der Waals surface area contributed by atoms with E-state index in [1.165, 1.54) is 18.2 Å². The lowest BCUT2D eigenvalue weighted by Crippen LogP contribution is -2.08. The molecule has 0 heterocycles. The Bertz CT molecular complexity index is 1300. The number of ether oxygens (including phenoxy) is 5. The SMILES string of the molecule is CCCCCOc1ccc(OC(=O)/C=C/c2ccc(OCCCCCOC(=O)c3cc(N)cc(N)c3)c(OC)c2)cc1. The maximum atomic E-state index is 12.3. The summed E-state index contributed by atoms with van der Waals surface area (Å²) >= 11 is 0. The van der Waals surface area contributed by atoms with Crippen LogP contribution in [-0.2, 0) is 9.53 Å². The van der Waals surface area contributed by atoms with Crippen molar-refractivity contribution in [3.8, 4) is 23.0 Å². The zero-order valence-corrected chi connectivity index (χ0v) is 24.3. The first-order chi connectivity index (χ1) is 20.4. The van der Waals surface area contributed by atoms with Gasteiger partial charge in [0.2, 0.25) is 0 Å². The van der Waals surface area contributed by atoms with Crippen LogP contribution in [0.2, 0.25) is 0 Å². The fourth-order valence-corrected chi connectivity index (χ4v) is 3.97. The molecule has 0 radical (unpaired) electrons. The molecule has 9 nitrogen and oxygen atoms in total. The first-order valence-electron chi connectivity index (χ1n) is 14.1. The summed E-state index contributed by atoms with van der Waals surface area (Å²) in [5.41, 5.74) is 13.4. The molecule has 9 heteroatoms. The minimum absolute atomic E-state index is 0.291. The molecule has 0 aliphatic heterocycles. The summed E-state index contributed by atoms with van der Waals surface area (Å²) in [5.74, 6) is 1.40. The Kier molecular flexibility index (Phi) is 13.1. The van der Waals surface area contributed by atoms with Gasteiger partial charge in [-0.15, -0.1) is 0 Å². The average Bonchev–Trinajstić information content (AvgIpc) is 2.98. The summed E-state index contributed by atoms with van der Waals surface area (Å²) in [6.45, 7) is 3.58. The molecule has 0 saturated heterocycles. The Morgan fingerprint density at radius 1 is 0.738 bits per heavy atom. The van der Waals surface area contributed by atoms with Crippen LogP contribution in [0.15, 0.2) is 66.7 Å². The van der Waals surface area contributed by atoms with Gasteiger partial charge in [-0.2, -0.15) is 0 Å². The maximum absolute atomic E-state index is 12.3. The third-order valence-electron chi connectivity index (χ3n) is 6.15. The topological polar surface area (TPSA) is 132 Å². The lowest BCUT2D eigenvalue weighted by molar-refractivity contribution is -0.128. The highest BCUT2D eigenvalue weighted by Crippen LogP contribution is 2.29. The van der Waals surface area contributed by atoms with Crippen LogP contribution >= 0.6 is 0 Å². The second-order valence-electron chi connectivity index (χ2n) is 9.63. The van der Waals surface area contributed by atoms with E-state index < -0.39 is 11.9 Å². The van der Waals surface area contributed by atoms with E-state index in [0.717, 1.165) is 43.4 Å². The number of rotatable bonds is 17.